The number of unbranched alkanes of at least 4 members (excludes halogenated alkanes) is 2. The molecule has 0 unspecified atom stereocenters. The zero-order valence-corrected chi connectivity index (χ0v) is 10.0. The molecule has 16 heavy (non-hydrogen) atoms. The van der Waals surface area contributed by atoms with Crippen molar-refractivity contribution >= 4 is 0 Å². The standard InChI is InChI=1S/C13H20N2O/c1-2-3-4-9-12-10-7-5-6-8-11(10)13(16)15-14-12/h2-9H2,1H3,(H,15,16). The molecule has 0 atom stereocenters. The van der Waals surface area contributed by atoms with E-state index in [1.807, 2.05) is 0 Å². The second kappa shape index (κ2) is 5.28. The third-order valence-electron chi connectivity index (χ3n) is 3.40. The summed E-state index contributed by atoms with van der Waals surface area (Å²) in [6.07, 6.45) is 9.02. The molecule has 0 aromatic carbocycles. The molecule has 0 aliphatic heterocycles. The van der Waals surface area contributed by atoms with Crippen molar-refractivity contribution in [1.29, 1.82) is 0 Å². The van der Waals surface area contributed by atoms with E-state index in [1.54, 1.807) is 0 Å². The van der Waals surface area contributed by atoms with E-state index in [0.717, 1.165) is 36.9 Å². The Hall–Kier alpha value is -1.12. The molecule has 3 heteroatoms. The van der Waals surface area contributed by atoms with E-state index >= 15 is 0 Å². The quantitative estimate of drug-likeness (QED) is 0.792. The summed E-state index contributed by atoms with van der Waals surface area (Å²) in [7, 11) is 0. The number of nitrogens with zero attached hydrogens (tertiary/aromatic N) is 1. The molecule has 1 aliphatic carbocycles. The van der Waals surface area contributed by atoms with Crippen LogP contribution in [-0.4, -0.2) is 10.2 Å². The summed E-state index contributed by atoms with van der Waals surface area (Å²) < 4.78 is 0. The number of hydrogen-bond donors (Lipinski definition) is 1. The van der Waals surface area contributed by atoms with Gasteiger partial charge in [-0.2, -0.15) is 5.10 Å². The zero-order valence-electron chi connectivity index (χ0n) is 10.0. The molecule has 0 amide bonds. The van der Waals surface area contributed by atoms with Gasteiger partial charge in [-0.05, 0) is 44.1 Å². The minimum absolute atomic E-state index is 0.0361. The molecule has 0 radical (unpaired) electrons. The first kappa shape index (κ1) is 11.4. The van der Waals surface area contributed by atoms with Gasteiger partial charge in [0.05, 0.1) is 5.69 Å². The zero-order chi connectivity index (χ0) is 11.4. The monoisotopic (exact) mass is 220 g/mol. The third kappa shape index (κ3) is 2.34. The van der Waals surface area contributed by atoms with Gasteiger partial charge in [0.2, 0.25) is 0 Å². The second-order valence-corrected chi connectivity index (χ2v) is 4.62. The topological polar surface area (TPSA) is 45.8 Å². The number of nitrogens with one attached hydrogen (secondary N) is 1. The summed E-state index contributed by atoms with van der Waals surface area (Å²) in [4.78, 5) is 11.6. The highest BCUT2D eigenvalue weighted by molar-refractivity contribution is 5.30. The van der Waals surface area contributed by atoms with Crippen molar-refractivity contribution in [2.24, 2.45) is 0 Å². The first-order valence-electron chi connectivity index (χ1n) is 6.42. The molecule has 0 saturated heterocycles. The Morgan fingerprint density at radius 3 is 2.69 bits per heavy atom. The number of rotatable bonds is 4. The second-order valence-electron chi connectivity index (χ2n) is 4.62. The molecular formula is C13H20N2O. The molecule has 1 aromatic heterocycles. The van der Waals surface area contributed by atoms with E-state index in [2.05, 4.69) is 17.1 Å². The first-order chi connectivity index (χ1) is 7.83. The molecule has 3 nitrogen and oxygen atoms in total. The molecule has 1 aliphatic rings. The summed E-state index contributed by atoms with van der Waals surface area (Å²) in [5.41, 5.74) is 3.44. The van der Waals surface area contributed by atoms with E-state index in [4.69, 9.17) is 0 Å². The van der Waals surface area contributed by atoms with Gasteiger partial charge in [-0.15, -0.1) is 0 Å². The summed E-state index contributed by atoms with van der Waals surface area (Å²) >= 11 is 0. The smallest absolute Gasteiger partial charge is 0.267 e. The van der Waals surface area contributed by atoms with Crippen molar-refractivity contribution in [3.8, 4) is 0 Å². The van der Waals surface area contributed by atoms with Gasteiger partial charge >= 0.3 is 0 Å². The van der Waals surface area contributed by atoms with E-state index in [0.29, 0.717) is 0 Å². The van der Waals surface area contributed by atoms with Gasteiger partial charge in [0.15, 0.2) is 0 Å². The lowest BCUT2D eigenvalue weighted by Crippen LogP contribution is -2.22. The van der Waals surface area contributed by atoms with Gasteiger partial charge in [0.1, 0.15) is 0 Å². The average molecular weight is 220 g/mol. The van der Waals surface area contributed by atoms with Crippen LogP contribution in [0.1, 0.15) is 55.8 Å². The van der Waals surface area contributed by atoms with Crippen LogP contribution in [0, 0.1) is 0 Å². The summed E-state index contributed by atoms with van der Waals surface area (Å²) in [6, 6.07) is 0. The lowest BCUT2D eigenvalue weighted by atomic mass is 9.90. The fourth-order valence-electron chi connectivity index (χ4n) is 2.48. The van der Waals surface area contributed by atoms with Gasteiger partial charge in [-0.25, -0.2) is 5.10 Å². The number of aromatic amines is 1. The van der Waals surface area contributed by atoms with Gasteiger partial charge in [-0.3, -0.25) is 4.79 Å². The first-order valence-corrected chi connectivity index (χ1v) is 6.42. The molecule has 0 fully saturated rings. The molecule has 0 bridgehead atoms. The predicted octanol–water partition coefficient (Wildman–Crippen LogP) is 2.38. The van der Waals surface area contributed by atoms with Crippen molar-refractivity contribution < 1.29 is 0 Å². The highest BCUT2D eigenvalue weighted by Crippen LogP contribution is 2.21. The SMILES string of the molecule is CCCCCc1n[nH]c(=O)c2c1CCCC2. The molecule has 0 saturated carbocycles. The van der Waals surface area contributed by atoms with Crippen LogP contribution in [0.2, 0.25) is 0 Å². The molecule has 1 N–H and O–H groups in total. The lowest BCUT2D eigenvalue weighted by Gasteiger charge is -2.17. The van der Waals surface area contributed by atoms with Crippen molar-refractivity contribution in [1.82, 2.24) is 10.2 Å². The number of aromatic nitrogens is 2. The van der Waals surface area contributed by atoms with Crippen LogP contribution in [0.25, 0.3) is 0 Å². The number of H-pyrrole nitrogens is 1. The normalized spacial score (nSPS) is 14.8. The average Bonchev–Trinajstić information content (AvgIpc) is 2.33. The van der Waals surface area contributed by atoms with Crippen molar-refractivity contribution in [3.63, 3.8) is 0 Å². The highest BCUT2D eigenvalue weighted by atomic mass is 16.1. The number of fused-ring (bicyclic) bond motifs is 1. The Morgan fingerprint density at radius 1 is 1.19 bits per heavy atom. The van der Waals surface area contributed by atoms with Gasteiger partial charge in [-0.1, -0.05) is 19.8 Å². The van der Waals surface area contributed by atoms with Crippen molar-refractivity contribution in [2.75, 3.05) is 0 Å². The fraction of sp³-hybridized carbons (Fsp3) is 0.692. The van der Waals surface area contributed by atoms with Gasteiger partial charge in [0.25, 0.3) is 5.56 Å². The van der Waals surface area contributed by atoms with E-state index in [1.165, 1.54) is 31.2 Å². The largest absolute Gasteiger partial charge is 0.268 e. The Balaban J connectivity index is 2.21. The molecule has 0 spiro atoms. The molecule has 88 valence electrons. The van der Waals surface area contributed by atoms with Crippen molar-refractivity contribution in [2.45, 2.75) is 58.3 Å². The van der Waals surface area contributed by atoms with Crippen LogP contribution >= 0.6 is 0 Å². The molecule has 1 aromatic rings. The highest BCUT2D eigenvalue weighted by Gasteiger charge is 2.17. The maximum atomic E-state index is 11.6. The van der Waals surface area contributed by atoms with Crippen LogP contribution in [-0.2, 0) is 19.3 Å². The van der Waals surface area contributed by atoms with Crippen LogP contribution in [0.5, 0.6) is 0 Å². The minimum atomic E-state index is 0.0361. The van der Waals surface area contributed by atoms with E-state index in [-0.39, 0.29) is 5.56 Å². The third-order valence-corrected chi connectivity index (χ3v) is 3.40. The maximum Gasteiger partial charge on any atom is 0.267 e. The van der Waals surface area contributed by atoms with Crippen LogP contribution in [0.3, 0.4) is 0 Å². The lowest BCUT2D eigenvalue weighted by molar-refractivity contribution is 0.634. The maximum absolute atomic E-state index is 11.6. The van der Waals surface area contributed by atoms with Gasteiger partial charge < -0.3 is 0 Å². The van der Waals surface area contributed by atoms with Crippen LogP contribution < -0.4 is 5.56 Å². The van der Waals surface area contributed by atoms with E-state index in [9.17, 15) is 4.79 Å². The number of hydrogen-bond acceptors (Lipinski definition) is 2. The Bertz CT molecular complexity index is 409. The molecule has 2 rings (SSSR count). The fourth-order valence-corrected chi connectivity index (χ4v) is 2.48. The Labute approximate surface area is 96.3 Å². The number of aryl methyl sites for hydroxylation is 1. The summed E-state index contributed by atoms with van der Waals surface area (Å²) in [6.45, 7) is 2.20. The molecular weight excluding hydrogens is 200 g/mol. The van der Waals surface area contributed by atoms with Crippen LogP contribution in [0.4, 0.5) is 0 Å². The molecule has 1 heterocycles. The summed E-state index contributed by atoms with van der Waals surface area (Å²) in [5.74, 6) is 0. The van der Waals surface area contributed by atoms with Crippen LogP contribution in [0.15, 0.2) is 4.79 Å². The van der Waals surface area contributed by atoms with E-state index < -0.39 is 0 Å². The Kier molecular flexibility index (Phi) is 3.75. The Morgan fingerprint density at radius 2 is 1.94 bits per heavy atom. The van der Waals surface area contributed by atoms with Gasteiger partial charge in [0, 0.05) is 5.56 Å². The minimum Gasteiger partial charge on any atom is -0.268 e. The van der Waals surface area contributed by atoms with Crippen molar-refractivity contribution in [3.05, 3.63) is 27.2 Å². The summed E-state index contributed by atoms with van der Waals surface area (Å²) in [5, 5.41) is 6.88. The predicted molar refractivity (Wildman–Crippen MR) is 64.7 cm³/mol.